The highest BCUT2D eigenvalue weighted by Gasteiger charge is 2.38. The van der Waals surface area contributed by atoms with E-state index in [1.54, 1.807) is 0 Å². The van der Waals surface area contributed by atoms with Crippen molar-refractivity contribution < 1.29 is 32.7 Å². The van der Waals surface area contributed by atoms with Crippen molar-refractivity contribution in [2.24, 2.45) is 11.8 Å². The molecule has 0 unspecified atom stereocenters. The number of piperidine rings is 2. The minimum atomic E-state index is -5.08. The standard InChI is InChI=1S/C46H57N3O2.C2HF3O2/c50-45(24-9-18-37-12-3-1-4-13-37)49(31-11-20-38-14-5-2-6-15-38)36-41-19-8-21-42(34-41)43-22-10-23-44(35-43)46(51)48-32-27-40(28-33-48)17-7-16-39-25-29-47-30-26-39;3-2(4,5)1(6)7/h1-6,8,10,12-15,19,21-23,34-35,39-40,47H,7,9,11,16-18,20,24-33,36H2;(H,6,7). The number of likely N-dealkylation sites (tertiary alicyclic amines) is 1. The number of halogens is 3. The zero-order valence-electron chi connectivity index (χ0n) is 33.5. The molecule has 2 fully saturated rings. The summed E-state index contributed by atoms with van der Waals surface area (Å²) in [6.07, 6.45) is 7.99. The molecule has 6 rings (SSSR count). The Kier molecular flexibility index (Phi) is 17.4. The van der Waals surface area contributed by atoms with Crippen molar-refractivity contribution in [3.63, 3.8) is 0 Å². The largest absolute Gasteiger partial charge is 0.490 e. The van der Waals surface area contributed by atoms with Crippen molar-refractivity contribution in [3.05, 3.63) is 131 Å². The van der Waals surface area contributed by atoms with Gasteiger partial charge in [-0.05, 0) is 122 Å². The Labute approximate surface area is 341 Å². The molecule has 2 saturated heterocycles. The molecule has 0 aromatic heterocycles. The van der Waals surface area contributed by atoms with Crippen molar-refractivity contribution in [3.8, 4) is 11.1 Å². The van der Waals surface area contributed by atoms with Crippen LogP contribution in [0.15, 0.2) is 109 Å². The summed E-state index contributed by atoms with van der Waals surface area (Å²) >= 11 is 0. The number of nitrogens with one attached hydrogen (secondary N) is 1. The molecule has 58 heavy (non-hydrogen) atoms. The third kappa shape index (κ3) is 14.8. The minimum absolute atomic E-state index is 0.145. The van der Waals surface area contributed by atoms with Gasteiger partial charge >= 0.3 is 12.1 Å². The fraction of sp³-hybridized carbons (Fsp3) is 0.438. The lowest BCUT2D eigenvalue weighted by Crippen LogP contribution is -2.38. The zero-order valence-corrected chi connectivity index (χ0v) is 33.5. The number of carboxylic acids is 1. The molecule has 4 aromatic rings. The van der Waals surface area contributed by atoms with Gasteiger partial charge in [-0.15, -0.1) is 0 Å². The van der Waals surface area contributed by atoms with Crippen molar-refractivity contribution >= 4 is 17.8 Å². The maximum absolute atomic E-state index is 13.7. The third-order valence-corrected chi connectivity index (χ3v) is 11.4. The lowest BCUT2D eigenvalue weighted by atomic mass is 9.87. The Morgan fingerprint density at radius 3 is 1.81 bits per heavy atom. The molecule has 0 spiro atoms. The number of rotatable bonds is 16. The summed E-state index contributed by atoms with van der Waals surface area (Å²) in [6.45, 7) is 5.39. The van der Waals surface area contributed by atoms with Crippen molar-refractivity contribution in [1.29, 1.82) is 0 Å². The molecule has 0 saturated carbocycles. The predicted octanol–water partition coefficient (Wildman–Crippen LogP) is 9.99. The second-order valence-electron chi connectivity index (χ2n) is 15.7. The monoisotopic (exact) mass is 797 g/mol. The van der Waals surface area contributed by atoms with Gasteiger partial charge in [-0.2, -0.15) is 13.2 Å². The first kappa shape index (κ1) is 44.1. The second kappa shape index (κ2) is 22.8. The van der Waals surface area contributed by atoms with Crippen LogP contribution >= 0.6 is 0 Å². The normalized spacial score (nSPS) is 15.0. The van der Waals surface area contributed by atoms with Gasteiger partial charge in [0.15, 0.2) is 0 Å². The molecule has 2 aliphatic heterocycles. The van der Waals surface area contributed by atoms with Gasteiger partial charge in [0.25, 0.3) is 5.91 Å². The molecule has 2 aliphatic rings. The van der Waals surface area contributed by atoms with Crippen LogP contribution in [-0.4, -0.2) is 71.6 Å². The van der Waals surface area contributed by atoms with Gasteiger partial charge in [-0.1, -0.05) is 110 Å². The number of amides is 2. The molecule has 2 amide bonds. The number of hydrogen-bond donors (Lipinski definition) is 2. The highest BCUT2D eigenvalue weighted by atomic mass is 19.4. The number of carboxylic acid groups (broad SMARTS) is 1. The molecule has 0 atom stereocenters. The predicted molar refractivity (Wildman–Crippen MR) is 223 cm³/mol. The van der Waals surface area contributed by atoms with Gasteiger partial charge in [0, 0.05) is 38.2 Å². The lowest BCUT2D eigenvalue weighted by molar-refractivity contribution is -0.192. The average Bonchev–Trinajstić information content (AvgIpc) is 3.24. The summed E-state index contributed by atoms with van der Waals surface area (Å²) in [5, 5.41) is 10.6. The molecule has 310 valence electrons. The van der Waals surface area contributed by atoms with Crippen LogP contribution in [0, 0.1) is 11.8 Å². The van der Waals surface area contributed by atoms with Gasteiger partial charge in [0.1, 0.15) is 0 Å². The fourth-order valence-electron chi connectivity index (χ4n) is 8.03. The topological polar surface area (TPSA) is 90.0 Å². The summed E-state index contributed by atoms with van der Waals surface area (Å²) in [4.78, 5) is 40.3. The first-order valence-corrected chi connectivity index (χ1v) is 20.9. The van der Waals surface area contributed by atoms with Crippen molar-refractivity contribution in [2.45, 2.75) is 89.8 Å². The number of aliphatic carboxylic acids is 1. The quantitative estimate of drug-likeness (QED) is 0.118. The summed E-state index contributed by atoms with van der Waals surface area (Å²) < 4.78 is 31.7. The third-order valence-electron chi connectivity index (χ3n) is 11.4. The zero-order chi connectivity index (χ0) is 41.2. The van der Waals surface area contributed by atoms with E-state index >= 15 is 0 Å². The SMILES string of the molecule is O=C(CCCc1ccccc1)N(CCCc1ccccc1)Cc1cccc(-c2cccc(C(=O)N3CCC(CCCC4CCNCC4)CC3)c2)c1.O=C(O)C(F)(F)F. The van der Waals surface area contributed by atoms with E-state index in [-0.39, 0.29) is 11.8 Å². The van der Waals surface area contributed by atoms with Crippen LogP contribution < -0.4 is 5.32 Å². The van der Waals surface area contributed by atoms with E-state index in [4.69, 9.17) is 9.90 Å². The molecular weight excluding hydrogens is 740 g/mol. The molecule has 2 heterocycles. The van der Waals surface area contributed by atoms with Crippen LogP contribution in [0.1, 0.15) is 91.3 Å². The van der Waals surface area contributed by atoms with Crippen LogP contribution in [0.25, 0.3) is 11.1 Å². The average molecular weight is 798 g/mol. The van der Waals surface area contributed by atoms with Gasteiger partial charge < -0.3 is 20.2 Å². The first-order valence-electron chi connectivity index (χ1n) is 20.9. The maximum atomic E-state index is 13.7. The van der Waals surface area contributed by atoms with Crippen LogP contribution in [0.4, 0.5) is 13.2 Å². The van der Waals surface area contributed by atoms with E-state index in [9.17, 15) is 22.8 Å². The molecule has 2 N–H and O–H groups in total. The number of benzene rings is 4. The molecule has 10 heteroatoms. The van der Waals surface area contributed by atoms with Gasteiger partial charge in [0.2, 0.25) is 5.91 Å². The summed E-state index contributed by atoms with van der Waals surface area (Å²) in [7, 11) is 0. The smallest absolute Gasteiger partial charge is 0.475 e. The van der Waals surface area contributed by atoms with E-state index in [1.165, 1.54) is 56.3 Å². The van der Waals surface area contributed by atoms with Gasteiger partial charge in [-0.3, -0.25) is 9.59 Å². The van der Waals surface area contributed by atoms with Crippen LogP contribution in [-0.2, 0) is 29.0 Å². The summed E-state index contributed by atoms with van der Waals surface area (Å²) in [5.41, 5.74) is 6.58. The van der Waals surface area contributed by atoms with E-state index < -0.39 is 12.1 Å². The maximum Gasteiger partial charge on any atom is 0.490 e. The first-order chi connectivity index (χ1) is 28.0. The molecule has 4 aromatic carbocycles. The Bertz CT molecular complexity index is 1860. The highest BCUT2D eigenvalue weighted by molar-refractivity contribution is 5.95. The summed E-state index contributed by atoms with van der Waals surface area (Å²) in [6, 6.07) is 37.6. The van der Waals surface area contributed by atoms with Crippen LogP contribution in [0.3, 0.4) is 0 Å². The Morgan fingerprint density at radius 2 is 1.21 bits per heavy atom. The van der Waals surface area contributed by atoms with Crippen LogP contribution in [0.2, 0.25) is 0 Å². The lowest BCUT2D eigenvalue weighted by Gasteiger charge is -2.32. The number of carbonyl (C=O) groups is 3. The number of alkyl halides is 3. The van der Waals surface area contributed by atoms with E-state index in [1.807, 2.05) is 29.2 Å². The van der Waals surface area contributed by atoms with E-state index in [0.717, 1.165) is 92.2 Å². The second-order valence-corrected chi connectivity index (χ2v) is 15.7. The van der Waals surface area contributed by atoms with Gasteiger partial charge in [-0.25, -0.2) is 4.79 Å². The Hall–Kier alpha value is -4.96. The number of carbonyl (C=O) groups excluding carboxylic acids is 2. The van der Waals surface area contributed by atoms with E-state index in [0.29, 0.717) is 13.0 Å². The molecule has 7 nitrogen and oxygen atoms in total. The van der Waals surface area contributed by atoms with Crippen LogP contribution in [0.5, 0.6) is 0 Å². The number of aryl methyl sites for hydroxylation is 2. The molecule has 0 radical (unpaired) electrons. The Balaban J connectivity index is 0.000000839. The number of nitrogens with zero attached hydrogens (tertiary/aromatic N) is 2. The van der Waals surface area contributed by atoms with Crippen molar-refractivity contribution in [2.75, 3.05) is 32.7 Å². The molecule has 0 aliphatic carbocycles. The Morgan fingerprint density at radius 1 is 0.672 bits per heavy atom. The molecule has 0 bridgehead atoms. The fourth-order valence-corrected chi connectivity index (χ4v) is 8.03. The molecular formula is C48H58F3N3O4. The minimum Gasteiger partial charge on any atom is -0.475 e. The van der Waals surface area contributed by atoms with E-state index in [2.05, 4.69) is 95.1 Å². The summed E-state index contributed by atoms with van der Waals surface area (Å²) in [5.74, 6) is -0.747. The highest BCUT2D eigenvalue weighted by Crippen LogP contribution is 2.28. The van der Waals surface area contributed by atoms with Gasteiger partial charge in [0.05, 0.1) is 0 Å². The van der Waals surface area contributed by atoms with Crippen molar-refractivity contribution in [1.82, 2.24) is 15.1 Å². The number of hydrogen-bond acceptors (Lipinski definition) is 4.